The number of carbonyl (C=O) groups excluding carboxylic acids is 1. The minimum atomic E-state index is -0.661. The van der Waals surface area contributed by atoms with Crippen molar-refractivity contribution >= 4 is 5.91 Å². The molecule has 142 valence electrons. The number of aromatic nitrogens is 2. The monoisotopic (exact) mass is 372 g/mol. The lowest BCUT2D eigenvalue weighted by Gasteiger charge is -2.22. The molecule has 7 heteroatoms. The van der Waals surface area contributed by atoms with Gasteiger partial charge in [-0.2, -0.15) is 5.10 Å². The average molecular weight is 372 g/mol. The van der Waals surface area contributed by atoms with E-state index in [0.29, 0.717) is 30.0 Å². The SMILES string of the molecule is O=C(NCC1CCNCC1)c1nn(-c2ccc(F)cc2F)c2c1C[C@H]1C[C@@H]21. The van der Waals surface area contributed by atoms with E-state index in [0.717, 1.165) is 56.1 Å². The Hall–Kier alpha value is -2.28. The minimum Gasteiger partial charge on any atom is -0.350 e. The summed E-state index contributed by atoms with van der Waals surface area (Å²) in [5, 5.41) is 10.8. The summed E-state index contributed by atoms with van der Waals surface area (Å²) >= 11 is 0. The van der Waals surface area contributed by atoms with Crippen molar-refractivity contribution in [3.05, 3.63) is 46.8 Å². The van der Waals surface area contributed by atoms with E-state index in [4.69, 9.17) is 0 Å². The molecule has 0 bridgehead atoms. The largest absolute Gasteiger partial charge is 0.350 e. The Morgan fingerprint density at radius 3 is 2.89 bits per heavy atom. The standard InChI is InChI=1S/C20H22F2N4O/c21-13-1-2-17(16(22)9-13)26-19-14-7-12(14)8-15(19)18(25-26)20(27)24-10-11-3-5-23-6-4-11/h1-2,9,11-12,14,23H,3-8,10H2,(H,24,27)/t12-,14-/m1/s1. The van der Waals surface area contributed by atoms with Gasteiger partial charge in [0.1, 0.15) is 11.5 Å². The molecule has 0 spiro atoms. The molecule has 5 nitrogen and oxygen atoms in total. The lowest BCUT2D eigenvalue weighted by molar-refractivity contribution is 0.0937. The highest BCUT2D eigenvalue weighted by Gasteiger charge is 2.50. The third kappa shape index (κ3) is 2.94. The third-order valence-electron chi connectivity index (χ3n) is 6.13. The molecule has 1 aliphatic heterocycles. The lowest BCUT2D eigenvalue weighted by Crippen LogP contribution is -2.36. The van der Waals surface area contributed by atoms with Crippen LogP contribution in [0.25, 0.3) is 5.69 Å². The molecule has 1 saturated carbocycles. The summed E-state index contributed by atoms with van der Waals surface area (Å²) in [6, 6.07) is 3.48. The average Bonchev–Trinajstić information content (AvgIpc) is 3.17. The van der Waals surface area contributed by atoms with Gasteiger partial charge in [0.05, 0.1) is 5.69 Å². The third-order valence-corrected chi connectivity index (χ3v) is 6.13. The zero-order valence-corrected chi connectivity index (χ0v) is 15.0. The van der Waals surface area contributed by atoms with Crippen LogP contribution in [0.1, 0.15) is 46.9 Å². The van der Waals surface area contributed by atoms with E-state index >= 15 is 0 Å². The number of piperidine rings is 1. The van der Waals surface area contributed by atoms with Crippen molar-refractivity contribution in [2.45, 2.75) is 31.6 Å². The van der Waals surface area contributed by atoms with Crippen LogP contribution in [0.5, 0.6) is 0 Å². The molecule has 3 aliphatic rings. The Morgan fingerprint density at radius 2 is 2.11 bits per heavy atom. The Kier molecular flexibility index (Phi) is 4.00. The van der Waals surface area contributed by atoms with Crippen LogP contribution in [0.2, 0.25) is 0 Å². The number of nitrogens with zero attached hydrogens (tertiary/aromatic N) is 2. The number of amides is 1. The first-order valence-corrected chi connectivity index (χ1v) is 9.68. The summed E-state index contributed by atoms with van der Waals surface area (Å²) in [7, 11) is 0. The number of benzene rings is 1. The van der Waals surface area contributed by atoms with Gasteiger partial charge in [0.2, 0.25) is 0 Å². The van der Waals surface area contributed by atoms with Crippen molar-refractivity contribution in [3.63, 3.8) is 0 Å². The summed E-state index contributed by atoms with van der Waals surface area (Å²) in [5.74, 6) is -0.123. The van der Waals surface area contributed by atoms with Gasteiger partial charge in [-0.3, -0.25) is 4.79 Å². The second-order valence-corrected chi connectivity index (χ2v) is 7.93. The molecule has 0 unspecified atom stereocenters. The summed E-state index contributed by atoms with van der Waals surface area (Å²) < 4.78 is 29.2. The Labute approximate surface area is 156 Å². The van der Waals surface area contributed by atoms with Gasteiger partial charge in [0.25, 0.3) is 5.91 Å². The Morgan fingerprint density at radius 1 is 1.30 bits per heavy atom. The number of halogens is 2. The van der Waals surface area contributed by atoms with Gasteiger partial charge in [0, 0.05) is 24.1 Å². The number of fused-ring (bicyclic) bond motifs is 3. The molecule has 2 N–H and O–H groups in total. The molecule has 0 radical (unpaired) electrons. The van der Waals surface area contributed by atoms with Gasteiger partial charge < -0.3 is 10.6 Å². The van der Waals surface area contributed by atoms with Crippen molar-refractivity contribution in [3.8, 4) is 5.69 Å². The number of rotatable bonds is 4. The molecule has 2 heterocycles. The predicted octanol–water partition coefficient (Wildman–Crippen LogP) is 2.54. The topological polar surface area (TPSA) is 59.0 Å². The van der Waals surface area contributed by atoms with E-state index in [1.807, 2.05) is 0 Å². The minimum absolute atomic E-state index is 0.188. The molecule has 2 fully saturated rings. The zero-order chi connectivity index (χ0) is 18.5. The van der Waals surface area contributed by atoms with Crippen molar-refractivity contribution in [1.82, 2.24) is 20.4 Å². The smallest absolute Gasteiger partial charge is 0.272 e. The summed E-state index contributed by atoms with van der Waals surface area (Å²) in [6.45, 7) is 2.61. The molecular formula is C20H22F2N4O. The molecule has 2 aliphatic carbocycles. The number of hydrogen-bond acceptors (Lipinski definition) is 3. The van der Waals surface area contributed by atoms with Crippen LogP contribution in [0.15, 0.2) is 18.2 Å². The van der Waals surface area contributed by atoms with Gasteiger partial charge in [-0.1, -0.05) is 0 Å². The molecule has 1 amide bonds. The van der Waals surface area contributed by atoms with E-state index in [9.17, 15) is 13.6 Å². The van der Waals surface area contributed by atoms with E-state index in [-0.39, 0.29) is 11.6 Å². The Bertz CT molecular complexity index is 904. The maximum Gasteiger partial charge on any atom is 0.272 e. The maximum absolute atomic E-state index is 14.3. The molecule has 1 saturated heterocycles. The van der Waals surface area contributed by atoms with Crippen molar-refractivity contribution < 1.29 is 13.6 Å². The van der Waals surface area contributed by atoms with Crippen molar-refractivity contribution in [2.75, 3.05) is 19.6 Å². The summed E-state index contributed by atoms with van der Waals surface area (Å²) in [6.07, 6.45) is 3.98. The van der Waals surface area contributed by atoms with E-state index < -0.39 is 11.6 Å². The highest BCUT2D eigenvalue weighted by atomic mass is 19.1. The maximum atomic E-state index is 14.3. The van der Waals surface area contributed by atoms with Crippen LogP contribution in [0.3, 0.4) is 0 Å². The van der Waals surface area contributed by atoms with Crippen LogP contribution in [-0.2, 0) is 6.42 Å². The number of carbonyl (C=O) groups is 1. The molecule has 1 aromatic carbocycles. The van der Waals surface area contributed by atoms with Crippen LogP contribution < -0.4 is 10.6 Å². The summed E-state index contributed by atoms with van der Waals surface area (Å²) in [4.78, 5) is 12.8. The van der Waals surface area contributed by atoms with E-state index in [1.54, 1.807) is 0 Å². The molecule has 5 rings (SSSR count). The highest BCUT2D eigenvalue weighted by Crippen LogP contribution is 2.57. The molecule has 2 atom stereocenters. The molecule has 2 aromatic rings. The zero-order valence-electron chi connectivity index (χ0n) is 15.0. The van der Waals surface area contributed by atoms with Gasteiger partial charge in [-0.15, -0.1) is 0 Å². The fourth-order valence-corrected chi connectivity index (χ4v) is 4.54. The summed E-state index contributed by atoms with van der Waals surface area (Å²) in [5.41, 5.74) is 2.47. The molecule has 27 heavy (non-hydrogen) atoms. The number of hydrogen-bond donors (Lipinski definition) is 2. The normalized spacial score (nSPS) is 23.8. The first-order chi connectivity index (χ1) is 13.1. The lowest BCUT2D eigenvalue weighted by atomic mass is 9.98. The Balaban J connectivity index is 1.44. The molecular weight excluding hydrogens is 350 g/mol. The van der Waals surface area contributed by atoms with Crippen LogP contribution >= 0.6 is 0 Å². The van der Waals surface area contributed by atoms with Crippen molar-refractivity contribution in [2.24, 2.45) is 11.8 Å². The highest BCUT2D eigenvalue weighted by molar-refractivity contribution is 5.94. The van der Waals surface area contributed by atoms with Crippen LogP contribution in [0, 0.1) is 23.5 Å². The fraction of sp³-hybridized carbons (Fsp3) is 0.500. The van der Waals surface area contributed by atoms with Crippen LogP contribution in [-0.4, -0.2) is 35.3 Å². The van der Waals surface area contributed by atoms with Gasteiger partial charge >= 0.3 is 0 Å². The fourth-order valence-electron chi connectivity index (χ4n) is 4.54. The van der Waals surface area contributed by atoms with Crippen molar-refractivity contribution in [1.29, 1.82) is 0 Å². The predicted molar refractivity (Wildman–Crippen MR) is 96.0 cm³/mol. The number of nitrogens with one attached hydrogen (secondary N) is 2. The van der Waals surface area contributed by atoms with Gasteiger partial charge in [-0.05, 0) is 62.7 Å². The van der Waals surface area contributed by atoms with Crippen LogP contribution in [0.4, 0.5) is 8.78 Å². The molecule has 1 aromatic heterocycles. The first kappa shape index (κ1) is 16.9. The van der Waals surface area contributed by atoms with E-state index in [2.05, 4.69) is 15.7 Å². The van der Waals surface area contributed by atoms with E-state index in [1.165, 1.54) is 16.8 Å². The second kappa shape index (κ2) is 6.41. The second-order valence-electron chi connectivity index (χ2n) is 7.93. The quantitative estimate of drug-likeness (QED) is 0.867. The van der Waals surface area contributed by atoms with Gasteiger partial charge in [-0.25, -0.2) is 13.5 Å². The first-order valence-electron chi connectivity index (χ1n) is 9.68. The van der Waals surface area contributed by atoms with Gasteiger partial charge in [0.15, 0.2) is 11.5 Å².